The number of carbonyl (C=O) groups excluding carboxylic acids is 1. The van der Waals surface area contributed by atoms with E-state index in [-0.39, 0.29) is 23.7 Å². The number of benzene rings is 2. The number of anilines is 1. The van der Waals surface area contributed by atoms with Crippen molar-refractivity contribution in [3.63, 3.8) is 0 Å². The Morgan fingerprint density at radius 2 is 1.91 bits per heavy atom. The van der Waals surface area contributed by atoms with Crippen molar-refractivity contribution in [3.05, 3.63) is 87.5 Å². The van der Waals surface area contributed by atoms with Gasteiger partial charge in [0.05, 0.1) is 22.7 Å². The third kappa shape index (κ3) is 5.33. The summed E-state index contributed by atoms with van der Waals surface area (Å²) in [6, 6.07) is 14.8. The molecule has 0 spiro atoms. The van der Waals surface area contributed by atoms with Gasteiger partial charge >= 0.3 is 0 Å². The van der Waals surface area contributed by atoms with Gasteiger partial charge in [-0.05, 0) is 49.7 Å². The minimum Gasteiger partial charge on any atom is -0.326 e. The molecule has 2 aromatic carbocycles. The summed E-state index contributed by atoms with van der Waals surface area (Å²) in [4.78, 5) is 33.5. The summed E-state index contributed by atoms with van der Waals surface area (Å²) in [6.45, 7) is 2.33. The summed E-state index contributed by atoms with van der Waals surface area (Å²) in [5.74, 6) is -0.467. The topological polar surface area (TPSA) is 76.9 Å². The minimum atomic E-state index is -0.342. The molecule has 1 N–H and O–H groups in total. The smallest absolute Gasteiger partial charge is 0.253 e. The van der Waals surface area contributed by atoms with Gasteiger partial charge in [0.25, 0.3) is 5.56 Å². The first kappa shape index (κ1) is 21.6. The molecule has 0 saturated carbocycles. The molecule has 1 amide bonds. The van der Waals surface area contributed by atoms with Crippen molar-refractivity contribution in [2.24, 2.45) is 0 Å². The molecule has 2 aromatic heterocycles. The van der Waals surface area contributed by atoms with E-state index in [0.29, 0.717) is 29.9 Å². The van der Waals surface area contributed by atoms with Gasteiger partial charge in [0.2, 0.25) is 5.91 Å². The molecular weight excluding hydrogens is 427 g/mol. The molecule has 0 fully saturated rings. The number of amides is 1. The van der Waals surface area contributed by atoms with Crippen molar-refractivity contribution in [2.75, 3.05) is 5.32 Å². The van der Waals surface area contributed by atoms with E-state index >= 15 is 0 Å². The highest BCUT2D eigenvalue weighted by Crippen LogP contribution is 2.24. The lowest BCUT2D eigenvalue weighted by atomic mass is 10.1. The zero-order valence-electron chi connectivity index (χ0n) is 17.4. The van der Waals surface area contributed by atoms with E-state index in [1.54, 1.807) is 23.5 Å². The van der Waals surface area contributed by atoms with E-state index in [0.717, 1.165) is 16.3 Å². The fourth-order valence-corrected chi connectivity index (χ4v) is 3.88. The number of hydrogen-bond acceptors (Lipinski definition) is 5. The Hall–Kier alpha value is -3.65. The summed E-state index contributed by atoms with van der Waals surface area (Å²) in [7, 11) is 0. The standard InChI is InChI=1S/C24H21FN4O2S/c1-16-27-22(14-32-16)18-4-2-5-20(12-18)28-23(30)6-3-11-29-15-26-21(13-24(29)31)17-7-9-19(25)10-8-17/h2,4-5,7-10,12-15H,3,6,11H2,1H3,(H,28,30). The molecule has 0 aliphatic carbocycles. The average molecular weight is 449 g/mol. The van der Waals surface area contributed by atoms with Gasteiger partial charge in [-0.15, -0.1) is 11.3 Å². The Bertz CT molecular complexity index is 1300. The number of nitrogens with one attached hydrogen (secondary N) is 1. The Morgan fingerprint density at radius 3 is 2.62 bits per heavy atom. The van der Waals surface area contributed by atoms with Crippen LogP contribution in [0.15, 0.2) is 71.1 Å². The zero-order valence-corrected chi connectivity index (χ0v) is 18.2. The molecule has 8 heteroatoms. The van der Waals surface area contributed by atoms with Gasteiger partial charge in [-0.2, -0.15) is 0 Å². The van der Waals surface area contributed by atoms with Gasteiger partial charge in [0, 0.05) is 41.2 Å². The molecule has 6 nitrogen and oxygen atoms in total. The van der Waals surface area contributed by atoms with Crippen LogP contribution in [0.4, 0.5) is 10.1 Å². The predicted molar refractivity (Wildman–Crippen MR) is 124 cm³/mol. The van der Waals surface area contributed by atoms with E-state index in [9.17, 15) is 14.0 Å². The maximum Gasteiger partial charge on any atom is 0.253 e. The lowest BCUT2D eigenvalue weighted by Crippen LogP contribution is -2.21. The van der Waals surface area contributed by atoms with E-state index in [2.05, 4.69) is 15.3 Å². The summed E-state index contributed by atoms with van der Waals surface area (Å²) in [5.41, 5.74) is 3.49. The highest BCUT2D eigenvalue weighted by atomic mass is 32.1. The maximum atomic E-state index is 13.1. The second kappa shape index (κ2) is 9.65. The van der Waals surface area contributed by atoms with Crippen molar-refractivity contribution in [1.82, 2.24) is 14.5 Å². The Morgan fingerprint density at radius 1 is 1.09 bits per heavy atom. The number of hydrogen-bond donors (Lipinski definition) is 1. The first-order valence-electron chi connectivity index (χ1n) is 10.1. The number of halogens is 1. The van der Waals surface area contributed by atoms with Gasteiger partial charge in [-0.1, -0.05) is 12.1 Å². The number of nitrogens with zero attached hydrogens (tertiary/aromatic N) is 3. The fourth-order valence-electron chi connectivity index (χ4n) is 3.26. The van der Waals surface area contributed by atoms with Crippen LogP contribution in [0.3, 0.4) is 0 Å². The molecule has 4 aromatic rings. The van der Waals surface area contributed by atoms with Crippen molar-refractivity contribution >= 4 is 22.9 Å². The van der Waals surface area contributed by atoms with E-state index in [1.807, 2.05) is 36.6 Å². The first-order chi connectivity index (χ1) is 15.5. The van der Waals surface area contributed by atoms with Crippen molar-refractivity contribution < 1.29 is 9.18 Å². The van der Waals surface area contributed by atoms with Crippen LogP contribution in [0.25, 0.3) is 22.5 Å². The molecule has 0 unspecified atom stereocenters. The molecule has 0 aliphatic heterocycles. The molecule has 162 valence electrons. The summed E-state index contributed by atoms with van der Waals surface area (Å²) < 4.78 is 14.5. The third-order valence-corrected chi connectivity index (χ3v) is 5.66. The van der Waals surface area contributed by atoms with Crippen LogP contribution in [0, 0.1) is 12.7 Å². The normalized spacial score (nSPS) is 10.8. The number of aromatic nitrogens is 3. The summed E-state index contributed by atoms with van der Waals surface area (Å²) in [6.07, 6.45) is 2.22. The monoisotopic (exact) mass is 448 g/mol. The lowest BCUT2D eigenvalue weighted by Gasteiger charge is -2.08. The largest absolute Gasteiger partial charge is 0.326 e. The van der Waals surface area contributed by atoms with E-state index < -0.39 is 0 Å². The molecule has 32 heavy (non-hydrogen) atoms. The van der Waals surface area contributed by atoms with Gasteiger partial charge in [0.15, 0.2) is 0 Å². The van der Waals surface area contributed by atoms with Crippen molar-refractivity contribution in [2.45, 2.75) is 26.3 Å². The van der Waals surface area contributed by atoms with Crippen LogP contribution in [-0.4, -0.2) is 20.4 Å². The summed E-state index contributed by atoms with van der Waals surface area (Å²) in [5, 5.41) is 5.88. The molecular formula is C24H21FN4O2S. The van der Waals surface area contributed by atoms with Crippen molar-refractivity contribution in [1.29, 1.82) is 0 Å². The zero-order chi connectivity index (χ0) is 22.5. The quantitative estimate of drug-likeness (QED) is 0.436. The number of carbonyl (C=O) groups is 1. The second-order valence-electron chi connectivity index (χ2n) is 7.30. The average Bonchev–Trinajstić information content (AvgIpc) is 3.22. The third-order valence-electron chi connectivity index (χ3n) is 4.88. The highest BCUT2D eigenvalue weighted by molar-refractivity contribution is 7.09. The number of aryl methyl sites for hydroxylation is 2. The van der Waals surface area contributed by atoms with Crippen LogP contribution in [0.1, 0.15) is 17.8 Å². The van der Waals surface area contributed by atoms with Crippen LogP contribution < -0.4 is 10.9 Å². The van der Waals surface area contributed by atoms with Crippen LogP contribution >= 0.6 is 11.3 Å². The van der Waals surface area contributed by atoms with Crippen LogP contribution in [-0.2, 0) is 11.3 Å². The Balaban J connectivity index is 1.32. The maximum absolute atomic E-state index is 13.1. The van der Waals surface area contributed by atoms with Gasteiger partial charge in [-0.3, -0.25) is 14.2 Å². The molecule has 0 bridgehead atoms. The molecule has 0 radical (unpaired) electrons. The molecule has 4 rings (SSSR count). The molecule has 0 atom stereocenters. The highest BCUT2D eigenvalue weighted by Gasteiger charge is 2.08. The minimum absolute atomic E-state index is 0.124. The number of rotatable bonds is 7. The summed E-state index contributed by atoms with van der Waals surface area (Å²) >= 11 is 1.58. The Kier molecular flexibility index (Phi) is 6.51. The van der Waals surface area contributed by atoms with E-state index in [1.165, 1.54) is 29.1 Å². The second-order valence-corrected chi connectivity index (χ2v) is 8.36. The van der Waals surface area contributed by atoms with Gasteiger partial charge in [-0.25, -0.2) is 14.4 Å². The predicted octanol–water partition coefficient (Wildman–Crippen LogP) is 4.90. The number of thiazole rings is 1. The van der Waals surface area contributed by atoms with Crippen LogP contribution in [0.5, 0.6) is 0 Å². The van der Waals surface area contributed by atoms with Gasteiger partial charge < -0.3 is 5.32 Å². The van der Waals surface area contributed by atoms with Gasteiger partial charge in [0.1, 0.15) is 5.82 Å². The van der Waals surface area contributed by atoms with E-state index in [4.69, 9.17) is 0 Å². The lowest BCUT2D eigenvalue weighted by molar-refractivity contribution is -0.116. The van der Waals surface area contributed by atoms with Crippen LogP contribution in [0.2, 0.25) is 0 Å². The molecule has 2 heterocycles. The molecule has 0 saturated heterocycles. The molecule has 0 aliphatic rings. The Labute approximate surface area is 188 Å². The SMILES string of the molecule is Cc1nc(-c2cccc(NC(=O)CCCn3cnc(-c4ccc(F)cc4)cc3=O)c2)cs1. The fraction of sp³-hybridized carbons (Fsp3) is 0.167. The first-order valence-corrected chi connectivity index (χ1v) is 11.0. The van der Waals surface area contributed by atoms with Crippen molar-refractivity contribution in [3.8, 4) is 22.5 Å².